The summed E-state index contributed by atoms with van der Waals surface area (Å²) in [6.07, 6.45) is 0. The van der Waals surface area contributed by atoms with Gasteiger partial charge < -0.3 is 0 Å². The number of nitrogens with zero attached hydrogens (tertiary/aromatic N) is 1. The van der Waals surface area contributed by atoms with Crippen LogP contribution in [0.1, 0.15) is 19.4 Å². The second kappa shape index (κ2) is 5.11. The van der Waals surface area contributed by atoms with Crippen LogP contribution >= 0.6 is 11.8 Å². The largest absolute Gasteiger partial charge is 0.305 e. The average molecular weight is 229 g/mol. The highest BCUT2D eigenvalue weighted by atomic mass is 32.2. The maximum Gasteiger partial charge on any atom is 0.305 e. The fourth-order valence-electron chi connectivity index (χ4n) is 1.08. The van der Waals surface area contributed by atoms with Gasteiger partial charge in [0.15, 0.2) is 0 Å². The number of hydrogen-bond acceptors (Lipinski definition) is 3. The zero-order valence-electron chi connectivity index (χ0n) is 8.57. The molecule has 0 aliphatic carbocycles. The average Bonchev–Trinajstić information content (AvgIpc) is 2.15. The smallest absolute Gasteiger partial charge is 0.258 e. The van der Waals surface area contributed by atoms with Crippen molar-refractivity contribution < 1.29 is 9.31 Å². The maximum atomic E-state index is 13.5. The van der Waals surface area contributed by atoms with Gasteiger partial charge >= 0.3 is 5.69 Å². The molecule has 1 aromatic rings. The van der Waals surface area contributed by atoms with Gasteiger partial charge in [0.2, 0.25) is 5.82 Å². The molecule has 0 aliphatic rings. The Morgan fingerprint density at radius 2 is 2.20 bits per heavy atom. The van der Waals surface area contributed by atoms with Crippen LogP contribution in [0.3, 0.4) is 0 Å². The molecule has 5 heteroatoms. The molecular weight excluding hydrogens is 217 g/mol. The number of hydrogen-bond donors (Lipinski definition) is 0. The fourth-order valence-corrected chi connectivity index (χ4v) is 1.81. The summed E-state index contributed by atoms with van der Waals surface area (Å²) in [5, 5.41) is 10.8. The lowest BCUT2D eigenvalue weighted by Crippen LogP contribution is -1.97. The standard InChI is InChI=1S/C10H12FNO2S/c1-7(2)15-6-8-4-3-5-9(10(8)11)12(13)14/h3-5,7H,6H2,1-2H3. The molecule has 0 saturated carbocycles. The molecule has 0 aliphatic heterocycles. The van der Waals surface area contributed by atoms with Crippen molar-refractivity contribution in [1.82, 2.24) is 0 Å². The normalized spacial score (nSPS) is 10.7. The first-order valence-electron chi connectivity index (χ1n) is 4.55. The number of nitro groups is 1. The van der Waals surface area contributed by atoms with Gasteiger partial charge in [-0.1, -0.05) is 26.0 Å². The van der Waals surface area contributed by atoms with Crippen LogP contribution in [0.25, 0.3) is 0 Å². The highest BCUT2D eigenvalue weighted by Gasteiger charge is 2.16. The summed E-state index contributed by atoms with van der Waals surface area (Å²) < 4.78 is 13.5. The highest BCUT2D eigenvalue weighted by Crippen LogP contribution is 2.25. The zero-order valence-corrected chi connectivity index (χ0v) is 9.38. The molecule has 3 nitrogen and oxygen atoms in total. The van der Waals surface area contributed by atoms with E-state index in [-0.39, 0.29) is 0 Å². The van der Waals surface area contributed by atoms with Crippen molar-refractivity contribution in [1.29, 1.82) is 0 Å². The topological polar surface area (TPSA) is 43.1 Å². The SMILES string of the molecule is CC(C)SCc1cccc([N+](=O)[O-])c1F. The van der Waals surface area contributed by atoms with Gasteiger partial charge in [0.25, 0.3) is 0 Å². The van der Waals surface area contributed by atoms with E-state index in [1.807, 2.05) is 13.8 Å². The van der Waals surface area contributed by atoms with E-state index in [0.717, 1.165) is 0 Å². The van der Waals surface area contributed by atoms with Crippen molar-refractivity contribution in [2.45, 2.75) is 24.9 Å². The minimum Gasteiger partial charge on any atom is -0.258 e. The first kappa shape index (κ1) is 12.0. The van der Waals surface area contributed by atoms with E-state index in [1.54, 1.807) is 17.8 Å². The maximum absolute atomic E-state index is 13.5. The van der Waals surface area contributed by atoms with Crippen molar-refractivity contribution in [3.05, 3.63) is 39.7 Å². The van der Waals surface area contributed by atoms with Crippen LogP contribution in [0, 0.1) is 15.9 Å². The van der Waals surface area contributed by atoms with Crippen molar-refractivity contribution in [2.24, 2.45) is 0 Å². The quantitative estimate of drug-likeness (QED) is 0.587. The zero-order chi connectivity index (χ0) is 11.4. The molecular formula is C10H12FNO2S. The second-order valence-corrected chi connectivity index (χ2v) is 4.93. The third kappa shape index (κ3) is 3.20. The van der Waals surface area contributed by atoms with Crippen molar-refractivity contribution in [3.8, 4) is 0 Å². The Bertz CT molecular complexity index is 368. The van der Waals surface area contributed by atoms with Crippen molar-refractivity contribution in [3.63, 3.8) is 0 Å². The lowest BCUT2D eigenvalue weighted by Gasteiger charge is -2.05. The van der Waals surface area contributed by atoms with Crippen LogP contribution in [0.15, 0.2) is 18.2 Å². The van der Waals surface area contributed by atoms with Gasteiger partial charge in [0.1, 0.15) is 0 Å². The Hall–Kier alpha value is -1.10. The van der Waals surface area contributed by atoms with E-state index in [4.69, 9.17) is 0 Å². The van der Waals surface area contributed by atoms with Crippen molar-refractivity contribution in [2.75, 3.05) is 0 Å². The summed E-state index contributed by atoms with van der Waals surface area (Å²) in [6.45, 7) is 4.00. The van der Waals surface area contributed by atoms with E-state index < -0.39 is 16.4 Å². The Morgan fingerprint density at radius 3 is 2.73 bits per heavy atom. The van der Waals surface area contributed by atoms with E-state index in [1.165, 1.54) is 12.1 Å². The molecule has 0 spiro atoms. The number of benzene rings is 1. The van der Waals surface area contributed by atoms with Crippen LogP contribution in [-0.4, -0.2) is 10.2 Å². The van der Waals surface area contributed by atoms with Crippen LogP contribution in [0.4, 0.5) is 10.1 Å². The summed E-state index contributed by atoms with van der Waals surface area (Å²) in [4.78, 5) is 9.78. The third-order valence-electron chi connectivity index (χ3n) is 1.83. The van der Waals surface area contributed by atoms with Crippen LogP contribution in [0.2, 0.25) is 0 Å². The molecule has 0 N–H and O–H groups in total. The summed E-state index contributed by atoms with van der Waals surface area (Å²) in [5.74, 6) is -0.249. The van der Waals surface area contributed by atoms with Crippen molar-refractivity contribution >= 4 is 17.4 Å². The molecule has 1 rings (SSSR count). The van der Waals surface area contributed by atoms with Gasteiger partial charge in [-0.15, -0.1) is 0 Å². The third-order valence-corrected chi connectivity index (χ3v) is 2.97. The summed E-state index contributed by atoms with van der Waals surface area (Å²) in [6, 6.07) is 4.27. The molecule has 0 saturated heterocycles. The Morgan fingerprint density at radius 1 is 1.53 bits per heavy atom. The van der Waals surface area contributed by atoms with Gasteiger partial charge in [-0.3, -0.25) is 10.1 Å². The summed E-state index contributed by atoms with van der Waals surface area (Å²) in [7, 11) is 0. The molecule has 0 radical (unpaired) electrons. The molecule has 0 heterocycles. The molecule has 0 atom stereocenters. The summed E-state index contributed by atoms with van der Waals surface area (Å²) in [5.41, 5.74) is -0.0558. The highest BCUT2D eigenvalue weighted by molar-refractivity contribution is 7.99. The predicted molar refractivity (Wildman–Crippen MR) is 59.5 cm³/mol. The van der Waals surface area contributed by atoms with Crippen LogP contribution in [-0.2, 0) is 5.75 Å². The van der Waals surface area contributed by atoms with E-state index >= 15 is 0 Å². The molecule has 0 amide bonds. The van der Waals surface area contributed by atoms with E-state index in [9.17, 15) is 14.5 Å². The molecule has 1 aromatic carbocycles. The van der Waals surface area contributed by atoms with Gasteiger partial charge in [-0.25, -0.2) is 0 Å². The molecule has 15 heavy (non-hydrogen) atoms. The second-order valence-electron chi connectivity index (χ2n) is 3.37. The monoisotopic (exact) mass is 229 g/mol. The van der Waals surface area contributed by atoms with E-state index in [2.05, 4.69) is 0 Å². The lowest BCUT2D eigenvalue weighted by molar-refractivity contribution is -0.387. The molecule has 0 unspecified atom stereocenters. The van der Waals surface area contributed by atoms with Gasteiger partial charge in [-0.05, 0) is 5.25 Å². The minimum atomic E-state index is -0.712. The number of thioether (sulfide) groups is 1. The molecule has 0 aromatic heterocycles. The lowest BCUT2D eigenvalue weighted by atomic mass is 10.2. The van der Waals surface area contributed by atoms with Gasteiger partial charge in [-0.2, -0.15) is 16.2 Å². The summed E-state index contributed by atoms with van der Waals surface area (Å²) >= 11 is 1.56. The molecule has 82 valence electrons. The van der Waals surface area contributed by atoms with Gasteiger partial charge in [0.05, 0.1) is 4.92 Å². The first-order chi connectivity index (χ1) is 7.02. The van der Waals surface area contributed by atoms with Crippen LogP contribution in [0.5, 0.6) is 0 Å². The Labute approximate surface area is 91.8 Å². The fraction of sp³-hybridized carbons (Fsp3) is 0.400. The Kier molecular flexibility index (Phi) is 4.08. The Balaban J connectivity index is 2.89. The first-order valence-corrected chi connectivity index (χ1v) is 5.60. The van der Waals surface area contributed by atoms with E-state index in [0.29, 0.717) is 16.6 Å². The number of halogens is 1. The van der Waals surface area contributed by atoms with Gasteiger partial charge in [0, 0.05) is 17.4 Å². The minimum absolute atomic E-state index is 0.378. The molecule has 0 bridgehead atoms. The predicted octanol–water partition coefficient (Wildman–Crippen LogP) is 3.38. The molecule has 0 fully saturated rings. The number of nitro benzene ring substituents is 1. The van der Waals surface area contributed by atoms with Crippen LogP contribution < -0.4 is 0 Å². The number of rotatable bonds is 4.